The average Bonchev–Trinajstić information content (AvgIpc) is 3.35. The minimum atomic E-state index is -0.0872. The van der Waals surface area contributed by atoms with Gasteiger partial charge in [0.25, 0.3) is 5.56 Å². The molecule has 1 unspecified atom stereocenters. The van der Waals surface area contributed by atoms with Crippen LogP contribution >= 0.6 is 23.1 Å². The molecule has 0 spiro atoms. The van der Waals surface area contributed by atoms with E-state index in [4.69, 9.17) is 9.72 Å². The molecule has 154 valence electrons. The number of aromatic nitrogens is 4. The van der Waals surface area contributed by atoms with Crippen LogP contribution in [0.1, 0.15) is 11.5 Å². The second-order valence-corrected chi connectivity index (χ2v) is 9.50. The van der Waals surface area contributed by atoms with E-state index in [1.165, 1.54) is 16.2 Å². The summed E-state index contributed by atoms with van der Waals surface area (Å²) in [6.07, 6.45) is 1.79. The molecule has 0 saturated carbocycles. The predicted octanol–water partition coefficient (Wildman–Crippen LogP) is 3.63. The fourth-order valence-electron chi connectivity index (χ4n) is 3.54. The minimum absolute atomic E-state index is 0.0634. The molecule has 0 bridgehead atoms. The van der Waals surface area contributed by atoms with Crippen molar-refractivity contribution in [3.8, 4) is 10.4 Å². The van der Waals surface area contributed by atoms with E-state index in [2.05, 4.69) is 32.2 Å². The number of thioether (sulfide) groups is 1. The third-order valence-electron chi connectivity index (χ3n) is 5.03. The summed E-state index contributed by atoms with van der Waals surface area (Å²) in [5.41, 5.74) is 2.70. The van der Waals surface area contributed by atoms with Crippen molar-refractivity contribution in [1.29, 1.82) is 0 Å². The SMILES string of the molecule is Cc1[nH]ncc1-c1cc2nc(CN3CCOC(Sc4ccccc4)C3)[nH]c(=O)c2s1. The van der Waals surface area contributed by atoms with Gasteiger partial charge in [-0.15, -0.1) is 11.3 Å². The van der Waals surface area contributed by atoms with Crippen LogP contribution in [0.5, 0.6) is 0 Å². The number of aryl methyl sites for hydroxylation is 1. The van der Waals surface area contributed by atoms with Crippen molar-refractivity contribution in [3.05, 3.63) is 64.5 Å². The molecule has 5 rings (SSSR count). The van der Waals surface area contributed by atoms with Gasteiger partial charge in [-0.3, -0.25) is 14.8 Å². The summed E-state index contributed by atoms with van der Waals surface area (Å²) in [7, 11) is 0. The van der Waals surface area contributed by atoms with Gasteiger partial charge >= 0.3 is 0 Å². The standard InChI is InChI=1S/C21H21N5O2S2/c1-13-15(10-22-25-13)17-9-16-20(30-17)21(27)24-18(23-16)11-26-7-8-28-19(12-26)29-14-5-3-2-4-6-14/h2-6,9-10,19H,7-8,11-12H2,1H3,(H,22,25)(H,23,24,27). The lowest BCUT2D eigenvalue weighted by molar-refractivity contribution is 0.0137. The number of fused-ring (bicyclic) bond motifs is 1. The molecule has 1 aliphatic rings. The Morgan fingerprint density at radius 1 is 1.33 bits per heavy atom. The first-order valence-corrected chi connectivity index (χ1v) is 11.4. The maximum atomic E-state index is 12.7. The van der Waals surface area contributed by atoms with Crippen LogP contribution in [0.2, 0.25) is 0 Å². The molecule has 3 aromatic heterocycles. The van der Waals surface area contributed by atoms with Gasteiger partial charge in [0.05, 0.1) is 24.9 Å². The number of nitrogens with one attached hydrogen (secondary N) is 2. The largest absolute Gasteiger partial charge is 0.365 e. The molecule has 30 heavy (non-hydrogen) atoms. The van der Waals surface area contributed by atoms with E-state index < -0.39 is 0 Å². The third-order valence-corrected chi connectivity index (χ3v) is 7.28. The molecule has 0 radical (unpaired) electrons. The highest BCUT2D eigenvalue weighted by atomic mass is 32.2. The fourth-order valence-corrected chi connectivity index (χ4v) is 5.67. The highest BCUT2D eigenvalue weighted by Crippen LogP contribution is 2.32. The molecule has 4 aromatic rings. The van der Waals surface area contributed by atoms with Crippen molar-refractivity contribution < 1.29 is 4.74 Å². The van der Waals surface area contributed by atoms with Crippen LogP contribution in [0.25, 0.3) is 20.7 Å². The molecular formula is C21H21N5O2S2. The van der Waals surface area contributed by atoms with Gasteiger partial charge in [0, 0.05) is 34.1 Å². The maximum absolute atomic E-state index is 12.7. The molecule has 4 heterocycles. The molecule has 2 N–H and O–H groups in total. The molecule has 7 nitrogen and oxygen atoms in total. The summed E-state index contributed by atoms with van der Waals surface area (Å²) >= 11 is 3.17. The number of ether oxygens (including phenoxy) is 1. The van der Waals surface area contributed by atoms with Crippen LogP contribution in [-0.2, 0) is 11.3 Å². The molecule has 1 fully saturated rings. The van der Waals surface area contributed by atoms with Crippen LogP contribution in [0.3, 0.4) is 0 Å². The van der Waals surface area contributed by atoms with Gasteiger partial charge in [0.2, 0.25) is 0 Å². The van der Waals surface area contributed by atoms with Gasteiger partial charge in [-0.2, -0.15) is 5.10 Å². The molecular weight excluding hydrogens is 418 g/mol. The highest BCUT2D eigenvalue weighted by molar-refractivity contribution is 7.99. The number of hydrogen-bond donors (Lipinski definition) is 2. The second kappa shape index (κ2) is 8.35. The van der Waals surface area contributed by atoms with Crippen LogP contribution < -0.4 is 5.56 Å². The normalized spacial score (nSPS) is 17.6. The van der Waals surface area contributed by atoms with E-state index in [-0.39, 0.29) is 11.0 Å². The smallest absolute Gasteiger partial charge is 0.268 e. The Kier molecular flexibility index (Phi) is 5.43. The maximum Gasteiger partial charge on any atom is 0.268 e. The molecule has 0 amide bonds. The zero-order valence-corrected chi connectivity index (χ0v) is 18.1. The Hall–Kier alpha value is -2.46. The van der Waals surface area contributed by atoms with E-state index in [1.807, 2.05) is 31.2 Å². The topological polar surface area (TPSA) is 86.9 Å². The van der Waals surface area contributed by atoms with Crippen LogP contribution in [-0.4, -0.2) is 50.2 Å². The Bertz CT molecular complexity index is 1220. The number of rotatable bonds is 5. The summed E-state index contributed by atoms with van der Waals surface area (Å²) in [6.45, 7) is 4.83. The third kappa shape index (κ3) is 4.06. The number of aromatic amines is 2. The van der Waals surface area contributed by atoms with Crippen molar-refractivity contribution in [2.45, 2.75) is 23.8 Å². The predicted molar refractivity (Wildman–Crippen MR) is 120 cm³/mol. The van der Waals surface area contributed by atoms with E-state index in [1.54, 1.807) is 18.0 Å². The lowest BCUT2D eigenvalue weighted by Crippen LogP contribution is -2.41. The van der Waals surface area contributed by atoms with Crippen molar-refractivity contribution in [2.75, 3.05) is 19.7 Å². The van der Waals surface area contributed by atoms with Gasteiger partial charge in [0.1, 0.15) is 16.0 Å². The van der Waals surface area contributed by atoms with E-state index in [0.717, 1.165) is 34.7 Å². The Balaban J connectivity index is 1.33. The van der Waals surface area contributed by atoms with Crippen LogP contribution in [0.4, 0.5) is 0 Å². The molecule has 0 aliphatic carbocycles. The first-order valence-electron chi connectivity index (χ1n) is 9.74. The summed E-state index contributed by atoms with van der Waals surface area (Å²) in [6, 6.07) is 12.2. The summed E-state index contributed by atoms with van der Waals surface area (Å²) in [5, 5.41) is 7.02. The number of nitrogens with zero attached hydrogens (tertiary/aromatic N) is 3. The van der Waals surface area contributed by atoms with Crippen molar-refractivity contribution >= 4 is 33.3 Å². The first-order chi connectivity index (χ1) is 14.7. The lowest BCUT2D eigenvalue weighted by atomic mass is 10.2. The van der Waals surface area contributed by atoms with E-state index in [0.29, 0.717) is 23.7 Å². The second-order valence-electron chi connectivity index (χ2n) is 7.21. The molecule has 1 atom stereocenters. The Morgan fingerprint density at radius 3 is 3.00 bits per heavy atom. The summed E-state index contributed by atoms with van der Waals surface area (Å²) in [5.74, 6) is 0.686. The van der Waals surface area contributed by atoms with Gasteiger partial charge in [-0.05, 0) is 25.1 Å². The van der Waals surface area contributed by atoms with Crippen molar-refractivity contribution in [1.82, 2.24) is 25.1 Å². The number of H-pyrrole nitrogens is 2. The Morgan fingerprint density at radius 2 is 2.20 bits per heavy atom. The fraction of sp³-hybridized carbons (Fsp3) is 0.286. The summed E-state index contributed by atoms with van der Waals surface area (Å²) < 4.78 is 6.57. The minimum Gasteiger partial charge on any atom is -0.365 e. The van der Waals surface area contributed by atoms with Crippen LogP contribution in [0, 0.1) is 6.92 Å². The molecule has 9 heteroatoms. The Labute approximate surface area is 181 Å². The first kappa shape index (κ1) is 19.5. The monoisotopic (exact) mass is 439 g/mol. The van der Waals surface area contributed by atoms with Gasteiger partial charge in [-0.25, -0.2) is 4.98 Å². The van der Waals surface area contributed by atoms with Crippen LogP contribution in [0.15, 0.2) is 52.3 Å². The molecule has 1 saturated heterocycles. The molecule has 1 aromatic carbocycles. The number of hydrogen-bond acceptors (Lipinski definition) is 7. The average molecular weight is 440 g/mol. The highest BCUT2D eigenvalue weighted by Gasteiger charge is 2.22. The van der Waals surface area contributed by atoms with E-state index in [9.17, 15) is 4.79 Å². The van der Waals surface area contributed by atoms with Crippen molar-refractivity contribution in [3.63, 3.8) is 0 Å². The zero-order chi connectivity index (χ0) is 20.5. The number of thiophene rings is 1. The van der Waals surface area contributed by atoms with Gasteiger partial charge in [-0.1, -0.05) is 30.0 Å². The number of morpholine rings is 1. The quantitative estimate of drug-likeness (QED) is 0.494. The molecule has 1 aliphatic heterocycles. The van der Waals surface area contributed by atoms with Crippen molar-refractivity contribution in [2.24, 2.45) is 0 Å². The lowest BCUT2D eigenvalue weighted by Gasteiger charge is -2.32. The van der Waals surface area contributed by atoms with Gasteiger partial charge < -0.3 is 9.72 Å². The van der Waals surface area contributed by atoms with Gasteiger partial charge in [0.15, 0.2) is 0 Å². The number of benzene rings is 1. The summed E-state index contributed by atoms with van der Waals surface area (Å²) in [4.78, 5) is 24.8. The zero-order valence-electron chi connectivity index (χ0n) is 16.4. The van der Waals surface area contributed by atoms with E-state index >= 15 is 0 Å².